The van der Waals surface area contributed by atoms with E-state index in [9.17, 15) is 0 Å². The van der Waals surface area contributed by atoms with Crippen LogP contribution in [0, 0.1) is 0 Å². The SMILES string of the molecule is CC(C)(C)c1ccnc(N(c2ccccc2)c2cccc(Oc3cccc(N4CN(c5cc(C(C)(C)C)ccc5-c5ccccc5)c5ccccc54)c3)c2)c1. The zero-order chi connectivity index (χ0) is 38.2. The number of hydrogen-bond donors (Lipinski definition) is 0. The Kier molecular flexibility index (Phi) is 9.40. The minimum atomic E-state index is -0.0104. The highest BCUT2D eigenvalue weighted by molar-refractivity contribution is 5.92. The van der Waals surface area contributed by atoms with E-state index in [1.807, 2.05) is 30.5 Å². The highest BCUT2D eigenvalue weighted by Gasteiger charge is 2.30. The molecular formula is C50H48N4O. The highest BCUT2D eigenvalue weighted by atomic mass is 16.5. The highest BCUT2D eigenvalue weighted by Crippen LogP contribution is 2.48. The number of benzene rings is 6. The minimum absolute atomic E-state index is 0.0104. The maximum Gasteiger partial charge on any atom is 0.137 e. The minimum Gasteiger partial charge on any atom is -0.457 e. The summed E-state index contributed by atoms with van der Waals surface area (Å²) in [5, 5.41) is 0. The van der Waals surface area contributed by atoms with Crippen LogP contribution in [-0.2, 0) is 10.8 Å². The molecule has 2 heterocycles. The molecule has 0 aliphatic carbocycles. The van der Waals surface area contributed by atoms with Crippen LogP contribution >= 0.6 is 0 Å². The summed E-state index contributed by atoms with van der Waals surface area (Å²) in [5.41, 5.74) is 11.5. The smallest absolute Gasteiger partial charge is 0.137 e. The molecule has 0 radical (unpaired) electrons. The molecule has 1 aliphatic rings. The first-order valence-electron chi connectivity index (χ1n) is 19.1. The Labute approximate surface area is 326 Å². The van der Waals surface area contributed by atoms with Gasteiger partial charge >= 0.3 is 0 Å². The van der Waals surface area contributed by atoms with Crippen molar-refractivity contribution in [2.75, 3.05) is 21.4 Å². The summed E-state index contributed by atoms with van der Waals surface area (Å²) in [6.07, 6.45) is 1.90. The molecule has 0 N–H and O–H groups in total. The first-order valence-corrected chi connectivity index (χ1v) is 19.1. The van der Waals surface area contributed by atoms with E-state index in [0.717, 1.165) is 40.1 Å². The van der Waals surface area contributed by atoms with Gasteiger partial charge in [-0.15, -0.1) is 0 Å². The van der Waals surface area contributed by atoms with Gasteiger partial charge in [-0.2, -0.15) is 0 Å². The third-order valence-electron chi connectivity index (χ3n) is 10.3. The van der Waals surface area contributed by atoms with Gasteiger partial charge in [-0.25, -0.2) is 4.98 Å². The molecule has 6 aromatic carbocycles. The first-order chi connectivity index (χ1) is 26.5. The Bertz CT molecular complexity index is 2430. The molecule has 8 rings (SSSR count). The fraction of sp³-hybridized carbons (Fsp3) is 0.180. The van der Waals surface area contributed by atoms with Gasteiger partial charge in [-0.1, -0.05) is 126 Å². The van der Waals surface area contributed by atoms with E-state index in [-0.39, 0.29) is 10.8 Å². The van der Waals surface area contributed by atoms with Gasteiger partial charge in [0.15, 0.2) is 0 Å². The topological polar surface area (TPSA) is 31.8 Å². The molecule has 0 atom stereocenters. The van der Waals surface area contributed by atoms with E-state index >= 15 is 0 Å². The van der Waals surface area contributed by atoms with Gasteiger partial charge in [0.1, 0.15) is 24.0 Å². The average Bonchev–Trinajstić information content (AvgIpc) is 3.58. The summed E-state index contributed by atoms with van der Waals surface area (Å²) in [6, 6.07) is 57.7. The predicted octanol–water partition coefficient (Wildman–Crippen LogP) is 13.9. The van der Waals surface area contributed by atoms with Crippen LogP contribution in [-0.4, -0.2) is 11.7 Å². The molecule has 0 saturated carbocycles. The van der Waals surface area contributed by atoms with Crippen molar-refractivity contribution in [2.24, 2.45) is 0 Å². The molecule has 0 spiro atoms. The quantitative estimate of drug-likeness (QED) is 0.156. The van der Waals surface area contributed by atoms with Gasteiger partial charge in [0.05, 0.1) is 22.7 Å². The number of fused-ring (bicyclic) bond motifs is 1. The van der Waals surface area contributed by atoms with Crippen LogP contribution in [0.1, 0.15) is 52.7 Å². The number of pyridine rings is 1. The second-order valence-corrected chi connectivity index (χ2v) is 16.3. The van der Waals surface area contributed by atoms with Crippen molar-refractivity contribution in [1.82, 2.24) is 4.98 Å². The van der Waals surface area contributed by atoms with Crippen molar-refractivity contribution in [3.63, 3.8) is 0 Å². The number of anilines is 7. The summed E-state index contributed by atoms with van der Waals surface area (Å²) in [5.74, 6) is 2.38. The fourth-order valence-electron chi connectivity index (χ4n) is 7.26. The second kappa shape index (κ2) is 14.5. The van der Waals surface area contributed by atoms with Gasteiger partial charge in [0, 0.05) is 35.3 Å². The summed E-state index contributed by atoms with van der Waals surface area (Å²) in [4.78, 5) is 11.9. The van der Waals surface area contributed by atoms with Gasteiger partial charge in [0.25, 0.3) is 0 Å². The van der Waals surface area contributed by atoms with E-state index in [4.69, 9.17) is 9.72 Å². The third kappa shape index (κ3) is 7.43. The van der Waals surface area contributed by atoms with Crippen LogP contribution in [0.25, 0.3) is 11.1 Å². The number of rotatable bonds is 8. The third-order valence-corrected chi connectivity index (χ3v) is 10.3. The lowest BCUT2D eigenvalue weighted by atomic mass is 9.85. The summed E-state index contributed by atoms with van der Waals surface area (Å²) < 4.78 is 6.66. The zero-order valence-electron chi connectivity index (χ0n) is 32.6. The summed E-state index contributed by atoms with van der Waals surface area (Å²) >= 11 is 0. The van der Waals surface area contributed by atoms with Crippen LogP contribution in [0.4, 0.5) is 39.9 Å². The van der Waals surface area contributed by atoms with Crippen LogP contribution in [0.2, 0.25) is 0 Å². The first kappa shape index (κ1) is 35.7. The predicted molar refractivity (Wildman–Crippen MR) is 230 cm³/mol. The van der Waals surface area contributed by atoms with Crippen molar-refractivity contribution in [1.29, 1.82) is 0 Å². The average molecular weight is 721 g/mol. The molecule has 1 aliphatic heterocycles. The lowest BCUT2D eigenvalue weighted by molar-refractivity contribution is 0.483. The Hall–Kier alpha value is -6.33. The zero-order valence-corrected chi connectivity index (χ0v) is 32.6. The van der Waals surface area contributed by atoms with Crippen LogP contribution < -0.4 is 19.4 Å². The summed E-state index contributed by atoms with van der Waals surface area (Å²) in [7, 11) is 0. The molecule has 0 unspecified atom stereocenters. The number of ether oxygens (including phenoxy) is 1. The van der Waals surface area contributed by atoms with Gasteiger partial charge in [-0.05, 0) is 94.3 Å². The van der Waals surface area contributed by atoms with Gasteiger partial charge in [0.2, 0.25) is 0 Å². The molecule has 7 aromatic rings. The number of hydrogen-bond acceptors (Lipinski definition) is 5. The maximum absolute atomic E-state index is 6.66. The van der Waals surface area contributed by atoms with Gasteiger partial charge < -0.3 is 14.5 Å². The van der Waals surface area contributed by atoms with Crippen molar-refractivity contribution in [2.45, 2.75) is 52.4 Å². The van der Waals surface area contributed by atoms with E-state index in [2.05, 4.69) is 196 Å². The van der Waals surface area contributed by atoms with Crippen molar-refractivity contribution in [3.05, 3.63) is 181 Å². The lowest BCUT2D eigenvalue weighted by Gasteiger charge is -2.28. The Morgan fingerprint density at radius 3 is 1.82 bits per heavy atom. The van der Waals surface area contributed by atoms with E-state index in [1.165, 1.54) is 33.6 Å². The fourth-order valence-corrected chi connectivity index (χ4v) is 7.26. The van der Waals surface area contributed by atoms with E-state index in [0.29, 0.717) is 6.67 Å². The molecule has 5 heteroatoms. The maximum atomic E-state index is 6.66. The van der Waals surface area contributed by atoms with E-state index in [1.54, 1.807) is 0 Å². The lowest BCUT2D eigenvalue weighted by Crippen LogP contribution is -2.25. The normalized spacial score (nSPS) is 12.8. The number of nitrogens with zero attached hydrogens (tertiary/aromatic N) is 4. The molecule has 55 heavy (non-hydrogen) atoms. The molecular weight excluding hydrogens is 673 g/mol. The Morgan fingerprint density at radius 1 is 0.509 bits per heavy atom. The largest absolute Gasteiger partial charge is 0.457 e. The number of para-hydroxylation sites is 3. The molecule has 0 fully saturated rings. The Balaban J connectivity index is 1.12. The molecule has 1 aromatic heterocycles. The Morgan fingerprint density at radius 2 is 1.11 bits per heavy atom. The van der Waals surface area contributed by atoms with Crippen molar-refractivity contribution in [3.8, 4) is 22.6 Å². The second-order valence-electron chi connectivity index (χ2n) is 16.3. The summed E-state index contributed by atoms with van der Waals surface area (Å²) in [6.45, 7) is 14.2. The van der Waals surface area contributed by atoms with Crippen LogP contribution in [0.3, 0.4) is 0 Å². The monoisotopic (exact) mass is 720 g/mol. The van der Waals surface area contributed by atoms with Crippen molar-refractivity contribution >= 4 is 39.9 Å². The van der Waals surface area contributed by atoms with Crippen LogP contribution in [0.15, 0.2) is 170 Å². The molecule has 0 saturated heterocycles. The van der Waals surface area contributed by atoms with Crippen LogP contribution in [0.5, 0.6) is 11.5 Å². The van der Waals surface area contributed by atoms with Gasteiger partial charge in [-0.3, -0.25) is 4.90 Å². The molecule has 0 bridgehead atoms. The standard InChI is InChI=1S/C50H48N4O/c1-49(2,3)37-27-28-44(36-17-9-7-10-18-36)47(31-37)53-35-52(45-25-13-14-26-46(45)53)40-21-15-23-42(33-40)55-43-24-16-22-41(34-43)54(39-19-11-8-12-20-39)48-32-38(29-30-51-48)50(4,5)6/h7-34H,35H2,1-6H3. The van der Waals surface area contributed by atoms with Crippen molar-refractivity contribution < 1.29 is 4.74 Å². The molecule has 5 nitrogen and oxygen atoms in total. The van der Waals surface area contributed by atoms with E-state index < -0.39 is 0 Å². The molecule has 0 amide bonds. The number of aromatic nitrogens is 1. The molecule has 274 valence electrons.